The lowest BCUT2D eigenvalue weighted by Gasteiger charge is -2.19. The third-order valence-electron chi connectivity index (χ3n) is 4.51. The second kappa shape index (κ2) is 6.66. The average molecular weight is 397 g/mol. The number of imidazole rings is 1. The van der Waals surface area contributed by atoms with Crippen LogP contribution < -0.4 is 5.32 Å². The maximum atomic E-state index is 6.17. The summed E-state index contributed by atoms with van der Waals surface area (Å²) in [7, 11) is 0. The van der Waals surface area contributed by atoms with Gasteiger partial charge >= 0.3 is 0 Å². The van der Waals surface area contributed by atoms with Crippen molar-refractivity contribution in [2.45, 2.75) is 33.1 Å². The Balaban J connectivity index is 1.63. The Morgan fingerprint density at radius 1 is 1.04 bits per heavy atom. The molecule has 0 aliphatic rings. The molecule has 0 spiro atoms. The van der Waals surface area contributed by atoms with Gasteiger partial charge in [0.1, 0.15) is 11.3 Å². The minimum Gasteiger partial charge on any atom is -0.332 e. The summed E-state index contributed by atoms with van der Waals surface area (Å²) in [6.45, 7) is 8.64. The van der Waals surface area contributed by atoms with Crippen LogP contribution in [0.2, 0.25) is 5.02 Å². The second-order valence-electron chi connectivity index (χ2n) is 7.61. The number of nitrogens with one attached hydrogen (secondary N) is 1. The predicted octanol–water partition coefficient (Wildman–Crippen LogP) is 6.46. The van der Waals surface area contributed by atoms with E-state index in [1.54, 1.807) is 11.3 Å². The van der Waals surface area contributed by atoms with Crippen molar-refractivity contribution >= 4 is 39.4 Å². The van der Waals surface area contributed by atoms with Crippen molar-refractivity contribution < 1.29 is 0 Å². The van der Waals surface area contributed by atoms with E-state index in [4.69, 9.17) is 16.6 Å². The number of fused-ring (bicyclic) bond motifs is 1. The first-order valence-electron chi connectivity index (χ1n) is 8.79. The van der Waals surface area contributed by atoms with Crippen molar-refractivity contribution in [2.75, 3.05) is 5.32 Å². The third-order valence-corrected chi connectivity index (χ3v) is 5.49. The van der Waals surface area contributed by atoms with Gasteiger partial charge in [-0.15, -0.1) is 11.3 Å². The molecule has 1 aromatic carbocycles. The molecule has 0 bridgehead atoms. The van der Waals surface area contributed by atoms with E-state index in [9.17, 15) is 0 Å². The molecular weight excluding hydrogens is 376 g/mol. The van der Waals surface area contributed by atoms with E-state index < -0.39 is 0 Å². The Labute approximate surface area is 167 Å². The highest BCUT2D eigenvalue weighted by atomic mass is 35.5. The summed E-state index contributed by atoms with van der Waals surface area (Å²) in [5, 5.41) is 6.97. The molecule has 0 saturated carbocycles. The number of benzene rings is 1. The smallest absolute Gasteiger partial charge is 0.187 e. The second-order valence-corrected chi connectivity index (χ2v) is 8.91. The largest absolute Gasteiger partial charge is 0.332 e. The highest BCUT2D eigenvalue weighted by molar-refractivity contribution is 7.14. The van der Waals surface area contributed by atoms with Crippen molar-refractivity contribution in [3.8, 4) is 11.4 Å². The molecule has 0 radical (unpaired) electrons. The highest BCUT2D eigenvalue weighted by Gasteiger charge is 2.15. The van der Waals surface area contributed by atoms with E-state index in [1.165, 1.54) is 5.56 Å². The van der Waals surface area contributed by atoms with Crippen molar-refractivity contribution in [1.29, 1.82) is 0 Å². The standard InChI is InChI=1S/C21H21ClN4S/c1-13-19(26-11-15(22)7-10-18(26)23-13)17-12-27-20(25-17)24-16-8-5-14(6-9-16)21(2,3)4/h5-12H,1-4H3,(H,24,25). The normalized spacial score (nSPS) is 11.9. The van der Waals surface area contributed by atoms with E-state index in [1.807, 2.05) is 35.0 Å². The summed E-state index contributed by atoms with van der Waals surface area (Å²) in [5.41, 5.74) is 6.15. The number of thiazole rings is 1. The van der Waals surface area contributed by atoms with Crippen LogP contribution in [0, 0.1) is 6.92 Å². The van der Waals surface area contributed by atoms with Gasteiger partial charge in [-0.05, 0) is 42.2 Å². The molecule has 0 aliphatic carbocycles. The van der Waals surface area contributed by atoms with E-state index in [0.717, 1.165) is 33.5 Å². The molecule has 1 N–H and O–H groups in total. The quantitative estimate of drug-likeness (QED) is 0.432. The summed E-state index contributed by atoms with van der Waals surface area (Å²) in [6.07, 6.45) is 1.88. The lowest BCUT2D eigenvalue weighted by atomic mass is 9.87. The van der Waals surface area contributed by atoms with Crippen molar-refractivity contribution in [3.05, 3.63) is 64.3 Å². The van der Waals surface area contributed by atoms with Gasteiger partial charge in [0, 0.05) is 17.3 Å². The molecule has 0 fully saturated rings. The first-order chi connectivity index (χ1) is 12.8. The number of aryl methyl sites for hydroxylation is 1. The van der Waals surface area contributed by atoms with Gasteiger partial charge < -0.3 is 5.32 Å². The van der Waals surface area contributed by atoms with Crippen LogP contribution in [-0.4, -0.2) is 14.4 Å². The number of pyridine rings is 1. The van der Waals surface area contributed by atoms with Crippen molar-refractivity contribution in [3.63, 3.8) is 0 Å². The van der Waals surface area contributed by atoms with E-state index >= 15 is 0 Å². The summed E-state index contributed by atoms with van der Waals surface area (Å²) < 4.78 is 1.99. The minimum absolute atomic E-state index is 0.148. The van der Waals surface area contributed by atoms with Crippen LogP contribution in [0.4, 0.5) is 10.8 Å². The Morgan fingerprint density at radius 3 is 2.48 bits per heavy atom. The zero-order chi connectivity index (χ0) is 19.2. The van der Waals surface area contributed by atoms with Crippen LogP contribution in [0.15, 0.2) is 48.0 Å². The molecule has 4 nitrogen and oxygen atoms in total. The monoisotopic (exact) mass is 396 g/mol. The minimum atomic E-state index is 0.148. The molecule has 4 rings (SSSR count). The van der Waals surface area contributed by atoms with Gasteiger partial charge in [-0.25, -0.2) is 9.97 Å². The van der Waals surface area contributed by atoms with Crippen LogP contribution in [0.3, 0.4) is 0 Å². The molecular formula is C21H21ClN4S. The van der Waals surface area contributed by atoms with Crippen molar-refractivity contribution in [2.24, 2.45) is 0 Å². The SMILES string of the molecule is Cc1nc2ccc(Cl)cn2c1-c1csc(Nc2ccc(C(C)(C)C)cc2)n1. The van der Waals surface area contributed by atoms with Gasteiger partial charge in [-0.2, -0.15) is 0 Å². The number of rotatable bonds is 3. The highest BCUT2D eigenvalue weighted by Crippen LogP contribution is 2.31. The van der Waals surface area contributed by atoms with Gasteiger partial charge in [0.25, 0.3) is 0 Å². The lowest BCUT2D eigenvalue weighted by Crippen LogP contribution is -2.10. The number of hydrogen-bond acceptors (Lipinski definition) is 4. The summed E-state index contributed by atoms with van der Waals surface area (Å²) in [5.74, 6) is 0. The van der Waals surface area contributed by atoms with Crippen LogP contribution in [0.5, 0.6) is 0 Å². The fourth-order valence-electron chi connectivity index (χ4n) is 3.06. The Kier molecular flexibility index (Phi) is 4.44. The summed E-state index contributed by atoms with van der Waals surface area (Å²) in [6, 6.07) is 12.3. The van der Waals surface area contributed by atoms with Gasteiger partial charge in [0.2, 0.25) is 0 Å². The van der Waals surface area contributed by atoms with Gasteiger partial charge in [-0.1, -0.05) is 44.5 Å². The molecule has 3 heterocycles. The molecule has 0 amide bonds. The van der Waals surface area contributed by atoms with Crippen LogP contribution in [0.25, 0.3) is 17.0 Å². The van der Waals surface area contributed by atoms with E-state index in [0.29, 0.717) is 5.02 Å². The zero-order valence-corrected chi connectivity index (χ0v) is 17.3. The first-order valence-corrected chi connectivity index (χ1v) is 10.0. The van der Waals surface area contributed by atoms with E-state index in [-0.39, 0.29) is 5.41 Å². The number of hydrogen-bond donors (Lipinski definition) is 1. The molecule has 6 heteroatoms. The number of aromatic nitrogens is 3. The molecule has 0 aliphatic heterocycles. The Bertz CT molecular complexity index is 1100. The predicted molar refractivity (Wildman–Crippen MR) is 114 cm³/mol. The number of halogens is 1. The van der Waals surface area contributed by atoms with Crippen LogP contribution in [-0.2, 0) is 5.41 Å². The van der Waals surface area contributed by atoms with Gasteiger partial charge in [-0.3, -0.25) is 4.40 Å². The average Bonchev–Trinajstić information content (AvgIpc) is 3.17. The topological polar surface area (TPSA) is 42.2 Å². The van der Waals surface area contributed by atoms with Gasteiger partial charge in [0.05, 0.1) is 16.4 Å². The molecule has 0 saturated heterocycles. The third kappa shape index (κ3) is 3.57. The molecule has 3 aromatic heterocycles. The molecule has 0 atom stereocenters. The van der Waals surface area contributed by atoms with Crippen LogP contribution in [0.1, 0.15) is 32.0 Å². The van der Waals surface area contributed by atoms with Crippen molar-refractivity contribution in [1.82, 2.24) is 14.4 Å². The maximum absolute atomic E-state index is 6.17. The Hall–Kier alpha value is -2.37. The zero-order valence-electron chi connectivity index (χ0n) is 15.7. The fraction of sp³-hybridized carbons (Fsp3) is 0.238. The van der Waals surface area contributed by atoms with Gasteiger partial charge in [0.15, 0.2) is 5.13 Å². The molecule has 4 aromatic rings. The first kappa shape index (κ1) is 18.0. The fourth-order valence-corrected chi connectivity index (χ4v) is 3.94. The molecule has 27 heavy (non-hydrogen) atoms. The van der Waals surface area contributed by atoms with Crippen LogP contribution >= 0.6 is 22.9 Å². The number of nitrogens with zero attached hydrogens (tertiary/aromatic N) is 3. The maximum Gasteiger partial charge on any atom is 0.187 e. The molecule has 0 unspecified atom stereocenters. The summed E-state index contributed by atoms with van der Waals surface area (Å²) in [4.78, 5) is 9.37. The summed E-state index contributed by atoms with van der Waals surface area (Å²) >= 11 is 7.74. The van der Waals surface area contributed by atoms with E-state index in [2.05, 4.69) is 55.3 Å². The number of anilines is 2. The Morgan fingerprint density at radius 2 is 1.78 bits per heavy atom. The lowest BCUT2D eigenvalue weighted by molar-refractivity contribution is 0.590. The molecule has 138 valence electrons.